The lowest BCUT2D eigenvalue weighted by molar-refractivity contribution is -0.121. The van der Waals surface area contributed by atoms with Crippen LogP contribution in [0.3, 0.4) is 0 Å². The number of nitrogens with zero attached hydrogens (tertiary/aromatic N) is 1. The molecule has 1 saturated carbocycles. The fourth-order valence-corrected chi connectivity index (χ4v) is 4.02. The highest BCUT2D eigenvalue weighted by Gasteiger charge is 2.27. The van der Waals surface area contributed by atoms with Crippen LogP contribution in [0.25, 0.3) is 0 Å². The van der Waals surface area contributed by atoms with Gasteiger partial charge >= 0.3 is 0 Å². The fraction of sp³-hybridized carbons (Fsp3) is 0.417. The summed E-state index contributed by atoms with van der Waals surface area (Å²) in [5.41, 5.74) is 2.52. The monoisotopic (exact) mass is 408 g/mol. The molecule has 1 N–H and O–H groups in total. The first-order valence-corrected chi connectivity index (χ1v) is 10.7. The smallest absolute Gasteiger partial charge is 0.265 e. The van der Waals surface area contributed by atoms with E-state index < -0.39 is 0 Å². The Morgan fingerprint density at radius 3 is 2.67 bits per heavy atom. The molecular weight excluding hydrogens is 380 g/mol. The summed E-state index contributed by atoms with van der Waals surface area (Å²) in [5, 5.41) is 3.02. The van der Waals surface area contributed by atoms with Crippen LogP contribution >= 0.6 is 0 Å². The normalized spacial score (nSPS) is 16.6. The van der Waals surface area contributed by atoms with E-state index in [0.717, 1.165) is 31.4 Å². The molecule has 0 saturated heterocycles. The van der Waals surface area contributed by atoms with Gasteiger partial charge in [0.1, 0.15) is 18.1 Å². The van der Waals surface area contributed by atoms with Crippen molar-refractivity contribution in [2.45, 2.75) is 39.0 Å². The van der Waals surface area contributed by atoms with Crippen molar-refractivity contribution >= 4 is 23.2 Å². The second kappa shape index (κ2) is 9.20. The second-order valence-electron chi connectivity index (χ2n) is 8.00. The molecule has 2 aliphatic rings. The molecule has 2 amide bonds. The number of ether oxygens (including phenoxy) is 2. The van der Waals surface area contributed by atoms with E-state index in [1.54, 1.807) is 4.90 Å². The molecular formula is C24H28N2O4. The third-order valence-corrected chi connectivity index (χ3v) is 5.75. The standard InChI is InChI=1S/C24H28N2O4/c1-17-7-10-20(11-8-17)29-14-13-26-21-15-19(9-12-22(21)30-16-23(26)27)25-24(28)18-5-3-2-4-6-18/h7-12,15,18H,2-6,13-14,16H2,1H3,(H,25,28). The molecule has 0 aromatic heterocycles. The van der Waals surface area contributed by atoms with E-state index in [-0.39, 0.29) is 24.3 Å². The van der Waals surface area contributed by atoms with Crippen LogP contribution in [0.4, 0.5) is 11.4 Å². The Labute approximate surface area is 177 Å². The molecule has 30 heavy (non-hydrogen) atoms. The highest BCUT2D eigenvalue weighted by atomic mass is 16.5. The molecule has 0 radical (unpaired) electrons. The number of hydrogen-bond donors (Lipinski definition) is 1. The minimum Gasteiger partial charge on any atom is -0.492 e. The maximum Gasteiger partial charge on any atom is 0.265 e. The van der Waals surface area contributed by atoms with Crippen molar-refractivity contribution < 1.29 is 19.1 Å². The van der Waals surface area contributed by atoms with Gasteiger partial charge < -0.3 is 19.7 Å². The van der Waals surface area contributed by atoms with Gasteiger partial charge in [0.2, 0.25) is 5.91 Å². The number of anilines is 2. The second-order valence-corrected chi connectivity index (χ2v) is 8.00. The number of nitrogens with one attached hydrogen (secondary N) is 1. The van der Waals surface area contributed by atoms with Crippen molar-refractivity contribution in [2.24, 2.45) is 5.92 Å². The molecule has 1 fully saturated rings. The van der Waals surface area contributed by atoms with Gasteiger partial charge in [-0.1, -0.05) is 37.0 Å². The zero-order valence-corrected chi connectivity index (χ0v) is 17.4. The van der Waals surface area contributed by atoms with Crippen LogP contribution in [0.1, 0.15) is 37.7 Å². The minimum atomic E-state index is -0.120. The summed E-state index contributed by atoms with van der Waals surface area (Å²) in [6, 6.07) is 13.3. The zero-order valence-electron chi connectivity index (χ0n) is 17.4. The van der Waals surface area contributed by atoms with E-state index in [1.165, 1.54) is 12.0 Å². The van der Waals surface area contributed by atoms with Crippen molar-refractivity contribution in [3.63, 3.8) is 0 Å². The van der Waals surface area contributed by atoms with Crippen molar-refractivity contribution in [3.05, 3.63) is 48.0 Å². The van der Waals surface area contributed by atoms with E-state index in [2.05, 4.69) is 5.32 Å². The topological polar surface area (TPSA) is 67.9 Å². The van der Waals surface area contributed by atoms with Gasteiger partial charge in [0, 0.05) is 11.6 Å². The van der Waals surface area contributed by atoms with Gasteiger partial charge in [0.25, 0.3) is 5.91 Å². The minimum absolute atomic E-state index is 0.00527. The molecule has 1 heterocycles. The Hall–Kier alpha value is -3.02. The molecule has 6 nitrogen and oxygen atoms in total. The van der Waals surface area contributed by atoms with Gasteiger partial charge in [0.15, 0.2) is 6.61 Å². The van der Waals surface area contributed by atoms with Gasteiger partial charge in [-0.25, -0.2) is 0 Å². The largest absolute Gasteiger partial charge is 0.492 e. The molecule has 0 unspecified atom stereocenters. The van der Waals surface area contributed by atoms with Crippen LogP contribution in [0.2, 0.25) is 0 Å². The van der Waals surface area contributed by atoms with E-state index in [0.29, 0.717) is 30.3 Å². The van der Waals surface area contributed by atoms with Crippen LogP contribution in [0.5, 0.6) is 11.5 Å². The number of carbonyl (C=O) groups excluding carboxylic acids is 2. The van der Waals surface area contributed by atoms with Crippen LogP contribution in [0.15, 0.2) is 42.5 Å². The summed E-state index contributed by atoms with van der Waals surface area (Å²) in [6.07, 6.45) is 5.32. The Kier molecular flexibility index (Phi) is 6.21. The molecule has 158 valence electrons. The fourth-order valence-electron chi connectivity index (χ4n) is 4.02. The van der Waals surface area contributed by atoms with Crippen LogP contribution in [-0.2, 0) is 9.59 Å². The number of rotatable bonds is 6. The van der Waals surface area contributed by atoms with Crippen molar-refractivity contribution in [2.75, 3.05) is 30.0 Å². The van der Waals surface area contributed by atoms with Gasteiger partial charge in [-0.15, -0.1) is 0 Å². The Balaban J connectivity index is 1.43. The maximum atomic E-state index is 12.6. The number of carbonyl (C=O) groups is 2. The SMILES string of the molecule is Cc1ccc(OCCN2C(=O)COc3ccc(NC(=O)C4CCCCC4)cc32)cc1. The summed E-state index contributed by atoms with van der Waals surface area (Å²) in [5.74, 6) is 1.43. The lowest BCUT2D eigenvalue weighted by Gasteiger charge is -2.30. The Morgan fingerprint density at radius 1 is 1.13 bits per heavy atom. The molecule has 0 atom stereocenters. The van der Waals surface area contributed by atoms with Crippen LogP contribution in [0, 0.1) is 12.8 Å². The van der Waals surface area contributed by atoms with Crippen LogP contribution in [-0.4, -0.2) is 31.6 Å². The van der Waals surface area contributed by atoms with Gasteiger partial charge in [-0.2, -0.15) is 0 Å². The van der Waals surface area contributed by atoms with Crippen molar-refractivity contribution in [1.29, 1.82) is 0 Å². The summed E-state index contributed by atoms with van der Waals surface area (Å²) in [7, 11) is 0. The number of aryl methyl sites for hydroxylation is 1. The lowest BCUT2D eigenvalue weighted by atomic mass is 9.88. The molecule has 1 aliphatic heterocycles. The Bertz CT molecular complexity index is 904. The highest BCUT2D eigenvalue weighted by Crippen LogP contribution is 2.35. The average molecular weight is 408 g/mol. The molecule has 2 aromatic carbocycles. The summed E-state index contributed by atoms with van der Waals surface area (Å²) >= 11 is 0. The predicted molar refractivity (Wildman–Crippen MR) is 116 cm³/mol. The van der Waals surface area contributed by atoms with E-state index in [9.17, 15) is 9.59 Å². The van der Waals surface area contributed by atoms with E-state index >= 15 is 0 Å². The van der Waals surface area contributed by atoms with Gasteiger partial charge in [-0.3, -0.25) is 9.59 Å². The predicted octanol–water partition coefficient (Wildman–Crippen LogP) is 4.32. The first-order valence-electron chi connectivity index (χ1n) is 10.7. The molecule has 2 aromatic rings. The third-order valence-electron chi connectivity index (χ3n) is 5.75. The molecule has 0 bridgehead atoms. The summed E-state index contributed by atoms with van der Waals surface area (Å²) in [4.78, 5) is 26.7. The first-order chi connectivity index (χ1) is 14.6. The van der Waals surface area contributed by atoms with Gasteiger partial charge in [-0.05, 0) is 50.1 Å². The zero-order chi connectivity index (χ0) is 20.9. The molecule has 4 rings (SSSR count). The maximum absolute atomic E-state index is 12.6. The molecule has 0 spiro atoms. The van der Waals surface area contributed by atoms with Crippen molar-refractivity contribution in [3.8, 4) is 11.5 Å². The summed E-state index contributed by atoms with van der Waals surface area (Å²) < 4.78 is 11.4. The first kappa shape index (κ1) is 20.3. The summed E-state index contributed by atoms with van der Waals surface area (Å²) in [6.45, 7) is 2.80. The average Bonchev–Trinajstić information content (AvgIpc) is 2.77. The van der Waals surface area contributed by atoms with Crippen LogP contribution < -0.4 is 19.7 Å². The lowest BCUT2D eigenvalue weighted by Crippen LogP contribution is -2.41. The Morgan fingerprint density at radius 2 is 1.90 bits per heavy atom. The molecule has 1 aliphatic carbocycles. The van der Waals surface area contributed by atoms with Crippen molar-refractivity contribution in [1.82, 2.24) is 0 Å². The highest BCUT2D eigenvalue weighted by molar-refractivity contribution is 5.99. The number of benzene rings is 2. The number of hydrogen-bond acceptors (Lipinski definition) is 4. The number of fused-ring (bicyclic) bond motifs is 1. The van der Waals surface area contributed by atoms with Gasteiger partial charge in [0.05, 0.1) is 12.2 Å². The van der Waals surface area contributed by atoms with E-state index in [1.807, 2.05) is 49.4 Å². The molecule has 6 heteroatoms. The quantitative estimate of drug-likeness (QED) is 0.773. The van der Waals surface area contributed by atoms with E-state index in [4.69, 9.17) is 9.47 Å². The number of amides is 2. The third kappa shape index (κ3) is 4.75.